The Morgan fingerprint density at radius 2 is 2.06 bits per heavy atom. The predicted octanol–water partition coefficient (Wildman–Crippen LogP) is 1.68. The largest absolute Gasteiger partial charge is 0.444 e. The molecule has 0 aromatic rings. The fraction of sp³-hybridized carbons (Fsp3) is 0.917. The molecule has 2 unspecified atom stereocenters. The Hall–Kier alpha value is -0.840. The summed E-state index contributed by atoms with van der Waals surface area (Å²) >= 11 is 0. The standard InChI is InChI=1S/C12H21FN2O2/c1-11(2,3)17-10(16)15-6-12(7-15)5-8(13)4-9(12)14/h8-9H,4-7,14H2,1-3H3. The van der Waals surface area contributed by atoms with E-state index in [2.05, 4.69) is 0 Å². The van der Waals surface area contributed by atoms with Crippen LogP contribution in [0.4, 0.5) is 9.18 Å². The lowest BCUT2D eigenvalue weighted by molar-refractivity contribution is -0.0389. The minimum Gasteiger partial charge on any atom is -0.444 e. The Balaban J connectivity index is 1.88. The molecular formula is C12H21FN2O2. The van der Waals surface area contributed by atoms with Gasteiger partial charge >= 0.3 is 6.09 Å². The normalized spacial score (nSPS) is 31.5. The first kappa shape index (κ1) is 12.6. The Kier molecular flexibility index (Phi) is 2.84. The van der Waals surface area contributed by atoms with E-state index >= 15 is 0 Å². The summed E-state index contributed by atoms with van der Waals surface area (Å²) < 4.78 is 18.5. The minimum atomic E-state index is -0.814. The summed E-state index contributed by atoms with van der Waals surface area (Å²) in [5.41, 5.74) is 5.25. The summed E-state index contributed by atoms with van der Waals surface area (Å²) in [6, 6.07) is -0.129. The number of carbonyl (C=O) groups is 1. The molecule has 2 rings (SSSR count). The lowest BCUT2D eigenvalue weighted by Crippen LogP contribution is -2.64. The van der Waals surface area contributed by atoms with E-state index in [9.17, 15) is 9.18 Å². The minimum absolute atomic E-state index is 0.129. The molecule has 4 nitrogen and oxygen atoms in total. The van der Waals surface area contributed by atoms with Gasteiger partial charge in [-0.25, -0.2) is 9.18 Å². The van der Waals surface area contributed by atoms with Gasteiger partial charge in [0, 0.05) is 24.5 Å². The van der Waals surface area contributed by atoms with E-state index in [0.717, 1.165) is 0 Å². The van der Waals surface area contributed by atoms with E-state index in [-0.39, 0.29) is 17.6 Å². The first-order valence-corrected chi connectivity index (χ1v) is 6.09. The third-order valence-electron chi connectivity index (χ3n) is 3.59. The zero-order valence-electron chi connectivity index (χ0n) is 10.7. The van der Waals surface area contributed by atoms with Crippen molar-refractivity contribution in [1.82, 2.24) is 4.90 Å². The number of alkyl halides is 1. The first-order valence-electron chi connectivity index (χ1n) is 6.09. The van der Waals surface area contributed by atoms with Crippen LogP contribution in [0.15, 0.2) is 0 Å². The Morgan fingerprint density at radius 1 is 1.47 bits per heavy atom. The molecule has 1 aliphatic heterocycles. The third kappa shape index (κ3) is 2.39. The van der Waals surface area contributed by atoms with Gasteiger partial charge in [-0.3, -0.25) is 0 Å². The van der Waals surface area contributed by atoms with Crippen LogP contribution < -0.4 is 5.73 Å². The number of rotatable bonds is 0. The van der Waals surface area contributed by atoms with Gasteiger partial charge in [0.15, 0.2) is 0 Å². The van der Waals surface area contributed by atoms with Gasteiger partial charge in [-0.05, 0) is 33.6 Å². The highest BCUT2D eigenvalue weighted by Gasteiger charge is 2.55. The summed E-state index contributed by atoms with van der Waals surface area (Å²) in [5.74, 6) is 0. The van der Waals surface area contributed by atoms with Gasteiger partial charge < -0.3 is 15.4 Å². The number of ether oxygens (including phenoxy) is 1. The molecule has 1 saturated carbocycles. The summed E-state index contributed by atoms with van der Waals surface area (Å²) in [5, 5.41) is 0. The average Bonchev–Trinajstić information content (AvgIpc) is 2.34. The van der Waals surface area contributed by atoms with E-state index in [1.165, 1.54) is 0 Å². The van der Waals surface area contributed by atoms with Gasteiger partial charge in [0.2, 0.25) is 0 Å². The van der Waals surface area contributed by atoms with Crippen LogP contribution in [0.25, 0.3) is 0 Å². The fourth-order valence-electron chi connectivity index (χ4n) is 2.73. The number of nitrogens with two attached hydrogens (primary N) is 1. The van der Waals surface area contributed by atoms with Crippen LogP contribution in [0.3, 0.4) is 0 Å². The molecule has 2 N–H and O–H groups in total. The second-order valence-corrected chi connectivity index (χ2v) is 6.34. The van der Waals surface area contributed by atoms with Crippen LogP contribution in [0, 0.1) is 5.41 Å². The van der Waals surface area contributed by atoms with Crippen molar-refractivity contribution in [2.75, 3.05) is 13.1 Å². The molecule has 2 aliphatic rings. The van der Waals surface area contributed by atoms with E-state index in [1.807, 2.05) is 20.8 Å². The molecule has 1 heterocycles. The van der Waals surface area contributed by atoms with Crippen LogP contribution in [0.5, 0.6) is 0 Å². The van der Waals surface area contributed by atoms with Crippen molar-refractivity contribution in [1.29, 1.82) is 0 Å². The third-order valence-corrected chi connectivity index (χ3v) is 3.59. The topological polar surface area (TPSA) is 55.6 Å². The molecule has 1 spiro atoms. The molecule has 0 bridgehead atoms. The molecule has 1 aliphatic carbocycles. The number of hydrogen-bond acceptors (Lipinski definition) is 3. The Morgan fingerprint density at radius 3 is 2.47 bits per heavy atom. The highest BCUT2D eigenvalue weighted by atomic mass is 19.1. The molecule has 0 aromatic carbocycles. The maximum Gasteiger partial charge on any atom is 0.410 e. The molecule has 17 heavy (non-hydrogen) atoms. The second kappa shape index (κ2) is 3.83. The van der Waals surface area contributed by atoms with Crippen molar-refractivity contribution in [3.63, 3.8) is 0 Å². The van der Waals surface area contributed by atoms with Crippen molar-refractivity contribution >= 4 is 6.09 Å². The lowest BCUT2D eigenvalue weighted by Gasteiger charge is -2.50. The zero-order chi connectivity index (χ0) is 12.8. The molecule has 5 heteroatoms. The highest BCUT2D eigenvalue weighted by molar-refractivity contribution is 5.69. The SMILES string of the molecule is CC(C)(C)OC(=O)N1CC2(CC(F)CC2N)C1. The number of halogens is 1. The maximum atomic E-state index is 13.3. The van der Waals surface area contributed by atoms with Crippen LogP contribution in [-0.2, 0) is 4.74 Å². The molecule has 2 atom stereocenters. The zero-order valence-corrected chi connectivity index (χ0v) is 10.7. The van der Waals surface area contributed by atoms with Gasteiger partial charge in [-0.2, -0.15) is 0 Å². The van der Waals surface area contributed by atoms with Gasteiger partial charge in [-0.1, -0.05) is 0 Å². The van der Waals surface area contributed by atoms with E-state index < -0.39 is 11.8 Å². The molecule has 1 saturated heterocycles. The van der Waals surface area contributed by atoms with Gasteiger partial charge in [-0.15, -0.1) is 0 Å². The number of likely N-dealkylation sites (tertiary alicyclic amines) is 1. The maximum absolute atomic E-state index is 13.3. The number of amides is 1. The van der Waals surface area contributed by atoms with E-state index in [4.69, 9.17) is 10.5 Å². The fourth-order valence-corrected chi connectivity index (χ4v) is 2.73. The predicted molar refractivity (Wildman–Crippen MR) is 62.3 cm³/mol. The average molecular weight is 244 g/mol. The monoisotopic (exact) mass is 244 g/mol. The van der Waals surface area contributed by atoms with Gasteiger partial charge in [0.25, 0.3) is 0 Å². The molecule has 0 radical (unpaired) electrons. The molecule has 2 fully saturated rings. The quantitative estimate of drug-likeness (QED) is 0.705. The summed E-state index contributed by atoms with van der Waals surface area (Å²) in [6.07, 6.45) is -0.237. The lowest BCUT2D eigenvalue weighted by atomic mass is 9.75. The molecular weight excluding hydrogens is 223 g/mol. The smallest absolute Gasteiger partial charge is 0.410 e. The van der Waals surface area contributed by atoms with Crippen LogP contribution in [-0.4, -0.2) is 41.9 Å². The first-order chi connectivity index (χ1) is 7.72. The Labute approximate surface area is 101 Å². The highest BCUT2D eigenvalue weighted by Crippen LogP contribution is 2.46. The molecule has 0 aromatic heterocycles. The molecule has 1 amide bonds. The summed E-state index contributed by atoms with van der Waals surface area (Å²) in [4.78, 5) is 13.4. The Bertz CT molecular complexity index is 321. The van der Waals surface area contributed by atoms with Crippen molar-refractivity contribution in [2.45, 2.75) is 51.4 Å². The van der Waals surface area contributed by atoms with E-state index in [1.54, 1.807) is 4.90 Å². The summed E-state index contributed by atoms with van der Waals surface area (Å²) in [6.45, 7) is 6.56. The van der Waals surface area contributed by atoms with Crippen LogP contribution >= 0.6 is 0 Å². The molecule has 98 valence electrons. The van der Waals surface area contributed by atoms with Crippen molar-refractivity contribution in [2.24, 2.45) is 11.1 Å². The van der Waals surface area contributed by atoms with Crippen molar-refractivity contribution in [3.05, 3.63) is 0 Å². The van der Waals surface area contributed by atoms with Crippen LogP contribution in [0.2, 0.25) is 0 Å². The number of hydrogen-bond donors (Lipinski definition) is 1. The number of nitrogens with zero attached hydrogens (tertiary/aromatic N) is 1. The second-order valence-electron chi connectivity index (χ2n) is 6.34. The van der Waals surface area contributed by atoms with Crippen LogP contribution in [0.1, 0.15) is 33.6 Å². The van der Waals surface area contributed by atoms with E-state index in [0.29, 0.717) is 25.9 Å². The van der Waals surface area contributed by atoms with Gasteiger partial charge in [0.05, 0.1) is 0 Å². The number of carbonyl (C=O) groups excluding carboxylic acids is 1. The van der Waals surface area contributed by atoms with Crippen molar-refractivity contribution < 1.29 is 13.9 Å². The summed E-state index contributed by atoms with van der Waals surface area (Å²) in [7, 11) is 0. The van der Waals surface area contributed by atoms with Gasteiger partial charge in [0.1, 0.15) is 11.8 Å². The van der Waals surface area contributed by atoms with Crippen molar-refractivity contribution in [3.8, 4) is 0 Å².